The smallest absolute Gasteiger partial charge is 0.341 e. The molecule has 2 aromatic rings. The second-order valence-electron chi connectivity index (χ2n) is 6.35. The van der Waals surface area contributed by atoms with E-state index in [1.807, 2.05) is 12.1 Å². The molecular weight excluding hydrogens is 346 g/mol. The fourth-order valence-corrected chi connectivity index (χ4v) is 3.31. The van der Waals surface area contributed by atoms with E-state index in [4.69, 9.17) is 14.2 Å². The number of hydrogen-bond donors (Lipinski definition) is 1. The Hall–Kier alpha value is -3.02. The van der Waals surface area contributed by atoms with Crippen LogP contribution in [0.15, 0.2) is 42.5 Å². The van der Waals surface area contributed by atoms with Gasteiger partial charge in [-0.3, -0.25) is 4.79 Å². The van der Waals surface area contributed by atoms with Crippen LogP contribution in [0, 0.1) is 0 Å². The van der Waals surface area contributed by atoms with Crippen molar-refractivity contribution >= 4 is 11.9 Å². The quantitative estimate of drug-likeness (QED) is 0.792. The molecule has 0 aromatic heterocycles. The van der Waals surface area contributed by atoms with Crippen molar-refractivity contribution in [3.05, 3.63) is 59.2 Å². The van der Waals surface area contributed by atoms with E-state index in [-0.39, 0.29) is 29.9 Å². The molecule has 6 heteroatoms. The Morgan fingerprint density at radius 2 is 1.96 bits per heavy atom. The molecule has 142 valence electrons. The van der Waals surface area contributed by atoms with Gasteiger partial charge in [0.2, 0.25) is 0 Å². The number of methoxy groups -OCH3 is 2. The van der Waals surface area contributed by atoms with E-state index in [0.29, 0.717) is 5.75 Å². The van der Waals surface area contributed by atoms with Crippen LogP contribution in [0.25, 0.3) is 0 Å². The summed E-state index contributed by atoms with van der Waals surface area (Å²) >= 11 is 0. The Morgan fingerprint density at radius 3 is 2.74 bits per heavy atom. The van der Waals surface area contributed by atoms with Crippen molar-refractivity contribution in [2.24, 2.45) is 0 Å². The number of esters is 1. The number of rotatable bonds is 6. The molecule has 1 N–H and O–H groups in total. The van der Waals surface area contributed by atoms with Gasteiger partial charge in [-0.15, -0.1) is 0 Å². The van der Waals surface area contributed by atoms with E-state index in [1.54, 1.807) is 18.2 Å². The fourth-order valence-electron chi connectivity index (χ4n) is 3.31. The van der Waals surface area contributed by atoms with Crippen molar-refractivity contribution in [1.82, 2.24) is 5.32 Å². The summed E-state index contributed by atoms with van der Waals surface area (Å²) in [5.41, 5.74) is 2.68. The van der Waals surface area contributed by atoms with Gasteiger partial charge in [-0.2, -0.15) is 0 Å². The molecule has 1 aliphatic carbocycles. The zero-order valence-electron chi connectivity index (χ0n) is 15.5. The number of nitrogens with one attached hydrogen (secondary N) is 1. The molecular formula is C21H23NO5. The Balaban J connectivity index is 1.67. The molecule has 6 nitrogen and oxygen atoms in total. The monoisotopic (exact) mass is 369 g/mol. The van der Waals surface area contributed by atoms with Crippen molar-refractivity contribution in [3.8, 4) is 11.5 Å². The standard InChI is InChI=1S/C21H23NO5/c1-25-15-10-11-17(21(24)26-2)19(12-15)27-13-20(23)22-18-9-5-7-14-6-3-4-8-16(14)18/h3-4,6,8,10-12,18H,5,7,9,13H2,1-2H3,(H,22,23)/t18-/m1/s1. The molecule has 1 amide bonds. The van der Waals surface area contributed by atoms with Crippen LogP contribution in [0.2, 0.25) is 0 Å². The average Bonchev–Trinajstić information content (AvgIpc) is 2.71. The second kappa shape index (κ2) is 8.58. The zero-order valence-corrected chi connectivity index (χ0v) is 15.5. The van der Waals surface area contributed by atoms with E-state index >= 15 is 0 Å². The van der Waals surface area contributed by atoms with Crippen LogP contribution in [0.1, 0.15) is 40.4 Å². The van der Waals surface area contributed by atoms with E-state index in [0.717, 1.165) is 24.8 Å². The van der Waals surface area contributed by atoms with Gasteiger partial charge >= 0.3 is 5.97 Å². The summed E-state index contributed by atoms with van der Waals surface area (Å²) in [5, 5.41) is 3.03. The minimum atomic E-state index is -0.533. The van der Waals surface area contributed by atoms with Crippen LogP contribution < -0.4 is 14.8 Å². The van der Waals surface area contributed by atoms with Gasteiger partial charge in [0.15, 0.2) is 6.61 Å². The van der Waals surface area contributed by atoms with Crippen LogP contribution in [-0.2, 0) is 16.0 Å². The first kappa shape index (κ1) is 18.8. The predicted octanol–water partition coefficient (Wildman–Crippen LogP) is 3.05. The predicted molar refractivity (Wildman–Crippen MR) is 100 cm³/mol. The zero-order chi connectivity index (χ0) is 19.2. The number of fused-ring (bicyclic) bond motifs is 1. The van der Waals surface area contributed by atoms with Gasteiger partial charge in [-0.05, 0) is 42.5 Å². The Bertz CT molecular complexity index is 833. The third-order valence-corrected chi connectivity index (χ3v) is 4.66. The van der Waals surface area contributed by atoms with Crippen LogP contribution in [0.5, 0.6) is 11.5 Å². The SMILES string of the molecule is COC(=O)c1ccc(OC)cc1OCC(=O)N[C@@H]1CCCc2ccccc21. The molecule has 2 aromatic carbocycles. The number of carbonyl (C=O) groups excluding carboxylic acids is 2. The maximum absolute atomic E-state index is 12.4. The number of aryl methyl sites for hydroxylation is 1. The largest absolute Gasteiger partial charge is 0.497 e. The molecule has 0 saturated heterocycles. The molecule has 27 heavy (non-hydrogen) atoms. The number of hydrogen-bond acceptors (Lipinski definition) is 5. The topological polar surface area (TPSA) is 73.9 Å². The summed E-state index contributed by atoms with van der Waals surface area (Å²) in [4.78, 5) is 24.3. The van der Waals surface area contributed by atoms with Gasteiger partial charge < -0.3 is 19.5 Å². The molecule has 1 aliphatic rings. The number of benzene rings is 2. The molecule has 0 radical (unpaired) electrons. The molecule has 0 heterocycles. The second-order valence-corrected chi connectivity index (χ2v) is 6.35. The summed E-state index contributed by atoms with van der Waals surface area (Å²) in [6.45, 7) is -0.199. The van der Waals surface area contributed by atoms with E-state index in [1.165, 1.54) is 19.8 Å². The summed E-state index contributed by atoms with van der Waals surface area (Å²) in [7, 11) is 2.81. The van der Waals surface area contributed by atoms with Crippen LogP contribution in [0.3, 0.4) is 0 Å². The fraction of sp³-hybridized carbons (Fsp3) is 0.333. The van der Waals surface area contributed by atoms with E-state index < -0.39 is 5.97 Å². The highest BCUT2D eigenvalue weighted by Gasteiger charge is 2.22. The van der Waals surface area contributed by atoms with E-state index in [2.05, 4.69) is 17.4 Å². The highest BCUT2D eigenvalue weighted by molar-refractivity contribution is 5.93. The summed E-state index contributed by atoms with van der Waals surface area (Å²) in [6, 6.07) is 12.9. The highest BCUT2D eigenvalue weighted by Crippen LogP contribution is 2.29. The molecule has 0 fully saturated rings. The lowest BCUT2D eigenvalue weighted by Crippen LogP contribution is -2.34. The summed E-state index contributed by atoms with van der Waals surface area (Å²) in [5.74, 6) is 0.00395. The molecule has 0 bridgehead atoms. The Kier molecular flexibility index (Phi) is 5.96. The normalized spacial score (nSPS) is 15.4. The van der Waals surface area contributed by atoms with E-state index in [9.17, 15) is 9.59 Å². The Morgan fingerprint density at radius 1 is 1.15 bits per heavy atom. The van der Waals surface area contributed by atoms with Crippen molar-refractivity contribution < 1.29 is 23.8 Å². The average molecular weight is 369 g/mol. The molecule has 0 aliphatic heterocycles. The van der Waals surface area contributed by atoms with Gasteiger partial charge in [0.1, 0.15) is 17.1 Å². The molecule has 3 rings (SSSR count). The highest BCUT2D eigenvalue weighted by atomic mass is 16.5. The maximum Gasteiger partial charge on any atom is 0.341 e. The van der Waals surface area contributed by atoms with Gasteiger partial charge in [0.25, 0.3) is 5.91 Å². The van der Waals surface area contributed by atoms with Crippen LogP contribution >= 0.6 is 0 Å². The lowest BCUT2D eigenvalue weighted by atomic mass is 9.88. The molecule has 0 unspecified atom stereocenters. The minimum absolute atomic E-state index is 0.0172. The molecule has 1 atom stereocenters. The third kappa shape index (κ3) is 4.39. The first-order chi connectivity index (χ1) is 13.1. The van der Waals surface area contributed by atoms with Crippen LogP contribution in [-0.4, -0.2) is 32.7 Å². The van der Waals surface area contributed by atoms with Crippen LogP contribution in [0.4, 0.5) is 0 Å². The van der Waals surface area contributed by atoms with Gasteiger partial charge in [-0.1, -0.05) is 24.3 Å². The summed E-state index contributed by atoms with van der Waals surface area (Å²) in [6.07, 6.45) is 2.96. The van der Waals surface area contributed by atoms with Gasteiger partial charge in [0, 0.05) is 6.07 Å². The van der Waals surface area contributed by atoms with Crippen molar-refractivity contribution in [2.75, 3.05) is 20.8 Å². The van der Waals surface area contributed by atoms with Crippen molar-refractivity contribution in [3.63, 3.8) is 0 Å². The number of ether oxygens (including phenoxy) is 3. The first-order valence-electron chi connectivity index (χ1n) is 8.88. The molecule has 0 saturated carbocycles. The Labute approximate surface area is 158 Å². The van der Waals surface area contributed by atoms with Gasteiger partial charge in [0.05, 0.1) is 20.3 Å². The number of amides is 1. The van der Waals surface area contributed by atoms with Gasteiger partial charge in [-0.25, -0.2) is 4.79 Å². The third-order valence-electron chi connectivity index (χ3n) is 4.66. The maximum atomic E-state index is 12.4. The minimum Gasteiger partial charge on any atom is -0.497 e. The lowest BCUT2D eigenvalue weighted by Gasteiger charge is -2.26. The van der Waals surface area contributed by atoms with Crippen molar-refractivity contribution in [1.29, 1.82) is 0 Å². The first-order valence-corrected chi connectivity index (χ1v) is 8.88. The van der Waals surface area contributed by atoms with Crippen molar-refractivity contribution in [2.45, 2.75) is 25.3 Å². The summed E-state index contributed by atoms with van der Waals surface area (Å²) < 4.78 is 15.5. The lowest BCUT2D eigenvalue weighted by molar-refractivity contribution is -0.124. The molecule has 0 spiro atoms. The number of carbonyl (C=O) groups is 2.